The molecule has 4 aliphatic carbocycles. The molecule has 3 unspecified atom stereocenters. The van der Waals surface area contributed by atoms with Crippen molar-refractivity contribution in [2.75, 3.05) is 32.7 Å². The van der Waals surface area contributed by atoms with Crippen LogP contribution in [0.1, 0.15) is 64.9 Å². The van der Waals surface area contributed by atoms with Crippen LogP contribution < -0.4 is 16.4 Å². The number of carbonyl (C=O) groups excluding carboxylic acids is 5. The minimum atomic E-state index is -1.02. The van der Waals surface area contributed by atoms with Crippen molar-refractivity contribution in [2.24, 2.45) is 28.9 Å². The Kier molecular flexibility index (Phi) is 11.1. The van der Waals surface area contributed by atoms with E-state index in [0.717, 1.165) is 12.0 Å². The molecule has 4 bridgehead atoms. The average molecular weight is 659 g/mol. The van der Waals surface area contributed by atoms with Crippen molar-refractivity contribution in [1.29, 1.82) is 0 Å². The minimum Gasteiger partial charge on any atom is -0.469 e. The number of methoxy groups -OCH3 is 1. The van der Waals surface area contributed by atoms with Gasteiger partial charge in [-0.2, -0.15) is 11.8 Å². The summed E-state index contributed by atoms with van der Waals surface area (Å²) in [6.45, 7) is 4.81. The van der Waals surface area contributed by atoms with Gasteiger partial charge in [0.05, 0.1) is 31.0 Å². The number of amides is 3. The number of Topliss-reactive ketones (excluding diaryl/α,β-unsaturated/α-hetero) is 1. The molecule has 11 nitrogen and oxygen atoms in total. The first-order valence-corrected chi connectivity index (χ1v) is 17.5. The lowest BCUT2D eigenvalue weighted by molar-refractivity contribution is -0.189. The Morgan fingerprint density at radius 2 is 1.70 bits per heavy atom. The fourth-order valence-electron chi connectivity index (χ4n) is 8.28. The lowest BCUT2D eigenvalue weighted by Gasteiger charge is -2.63. The molecule has 254 valence electrons. The quantitative estimate of drug-likeness (QED) is 0.271. The van der Waals surface area contributed by atoms with Crippen molar-refractivity contribution in [3.05, 3.63) is 35.9 Å². The molecule has 0 saturated heterocycles. The van der Waals surface area contributed by atoms with E-state index in [1.54, 1.807) is 27.8 Å². The van der Waals surface area contributed by atoms with E-state index in [0.29, 0.717) is 37.9 Å². The van der Waals surface area contributed by atoms with Crippen LogP contribution in [0, 0.1) is 23.2 Å². The number of ketones is 1. The number of nitrogens with two attached hydrogens (primary N) is 1. The SMILES string of the molecule is COC(=O)C12CC3CC(CC(N)(C3)C1C(=O)[C@H](Cc1ccccc1)N(C)C(=O)CNC(=O)[C@@H](CCSC)NC(=O)OC(C)(C)C)C2. The predicted octanol–water partition coefficient (Wildman–Crippen LogP) is 3.08. The van der Waals surface area contributed by atoms with Crippen LogP contribution in [0.15, 0.2) is 30.3 Å². The van der Waals surface area contributed by atoms with E-state index in [2.05, 4.69) is 10.6 Å². The van der Waals surface area contributed by atoms with Gasteiger partial charge in [-0.3, -0.25) is 19.2 Å². The molecule has 0 aromatic heterocycles. The molecule has 1 aromatic rings. The zero-order valence-electron chi connectivity index (χ0n) is 27.9. The van der Waals surface area contributed by atoms with Gasteiger partial charge in [0, 0.05) is 12.6 Å². The number of carbonyl (C=O) groups is 5. The second kappa shape index (κ2) is 14.3. The standard InChI is InChI=1S/C34H50N4O7S/c1-32(2,3)45-31(43)37-24(12-13-46-6)29(41)36-20-26(39)38(4)25(15-21-10-8-7-9-11-21)27(40)28-33(30(42)44-5)16-22-14-23(17-33)19-34(28,35)18-22/h7-11,22-25,28H,12-20,35H2,1-6H3,(H,36,41)(H,37,43)/t22?,23?,24-,25+,28?,33?,34?/m1/s1. The normalized spacial score (nSPS) is 27.7. The number of esters is 1. The van der Waals surface area contributed by atoms with Crippen LogP contribution >= 0.6 is 11.8 Å². The third-order valence-electron chi connectivity index (χ3n) is 9.81. The Hall–Kier alpha value is -3.12. The first-order chi connectivity index (χ1) is 21.6. The van der Waals surface area contributed by atoms with Crippen LogP contribution in [0.25, 0.3) is 0 Å². The Bertz CT molecular complexity index is 1290. The zero-order chi connectivity index (χ0) is 33.9. The van der Waals surface area contributed by atoms with Crippen LogP contribution in [-0.4, -0.2) is 90.5 Å². The van der Waals surface area contributed by atoms with Gasteiger partial charge in [-0.1, -0.05) is 30.3 Å². The van der Waals surface area contributed by atoms with E-state index in [1.807, 2.05) is 36.6 Å². The highest BCUT2D eigenvalue weighted by Gasteiger charge is 2.68. The number of rotatable bonds is 13. The minimum absolute atomic E-state index is 0.225. The van der Waals surface area contributed by atoms with Crippen molar-refractivity contribution in [2.45, 2.75) is 88.9 Å². The van der Waals surface area contributed by atoms with Gasteiger partial charge in [0.15, 0.2) is 5.78 Å². The highest BCUT2D eigenvalue weighted by Crippen LogP contribution is 2.64. The molecule has 4 aliphatic rings. The van der Waals surface area contributed by atoms with Crippen molar-refractivity contribution in [3.8, 4) is 0 Å². The molecule has 4 N–H and O–H groups in total. The molecule has 4 fully saturated rings. The molecule has 12 heteroatoms. The Balaban J connectivity index is 1.55. The average Bonchev–Trinajstić information content (AvgIpc) is 2.98. The molecule has 5 atom stereocenters. The van der Waals surface area contributed by atoms with Crippen molar-refractivity contribution >= 4 is 41.4 Å². The van der Waals surface area contributed by atoms with E-state index >= 15 is 0 Å². The van der Waals surface area contributed by atoms with Crippen LogP contribution in [-0.2, 0) is 35.1 Å². The second-order valence-corrected chi connectivity index (χ2v) is 15.4. The largest absolute Gasteiger partial charge is 0.469 e. The number of benzene rings is 1. The molecule has 0 aliphatic heterocycles. The molecule has 1 aromatic carbocycles. The van der Waals surface area contributed by atoms with E-state index < -0.39 is 58.4 Å². The highest BCUT2D eigenvalue weighted by molar-refractivity contribution is 7.98. The van der Waals surface area contributed by atoms with Crippen LogP contribution in [0.5, 0.6) is 0 Å². The van der Waals surface area contributed by atoms with Gasteiger partial charge < -0.3 is 30.7 Å². The fourth-order valence-corrected chi connectivity index (χ4v) is 8.75. The number of nitrogens with zero attached hydrogens (tertiary/aromatic N) is 1. The number of hydrogen-bond acceptors (Lipinski definition) is 9. The zero-order valence-corrected chi connectivity index (χ0v) is 28.7. The fraction of sp³-hybridized carbons (Fsp3) is 0.676. The van der Waals surface area contributed by atoms with E-state index in [9.17, 15) is 24.0 Å². The molecular weight excluding hydrogens is 608 g/mol. The van der Waals surface area contributed by atoms with Crippen molar-refractivity contribution in [1.82, 2.24) is 15.5 Å². The summed E-state index contributed by atoms with van der Waals surface area (Å²) in [6.07, 6.45) is 5.16. The Morgan fingerprint density at radius 1 is 1.07 bits per heavy atom. The van der Waals surface area contributed by atoms with Gasteiger partial charge in [-0.25, -0.2) is 4.79 Å². The lowest BCUT2D eigenvalue weighted by Crippen LogP contribution is -2.72. The summed E-state index contributed by atoms with van der Waals surface area (Å²) < 4.78 is 10.6. The highest BCUT2D eigenvalue weighted by atomic mass is 32.2. The van der Waals surface area contributed by atoms with E-state index in [1.165, 1.54) is 23.8 Å². The number of nitrogens with one attached hydrogen (secondary N) is 2. The van der Waals surface area contributed by atoms with Crippen molar-refractivity contribution < 1.29 is 33.4 Å². The summed E-state index contributed by atoms with van der Waals surface area (Å²) in [6, 6.07) is 7.57. The number of ether oxygens (including phenoxy) is 2. The van der Waals surface area contributed by atoms with Crippen LogP contribution in [0.2, 0.25) is 0 Å². The monoisotopic (exact) mass is 658 g/mol. The maximum atomic E-state index is 14.8. The molecule has 0 heterocycles. The second-order valence-electron chi connectivity index (χ2n) is 14.4. The molecule has 46 heavy (non-hydrogen) atoms. The molecular formula is C34H50N4O7S. The van der Waals surface area contributed by atoms with E-state index in [4.69, 9.17) is 15.2 Å². The number of alkyl carbamates (subject to hydrolysis) is 1. The van der Waals surface area contributed by atoms with Gasteiger partial charge in [0.25, 0.3) is 0 Å². The summed E-state index contributed by atoms with van der Waals surface area (Å²) >= 11 is 1.52. The van der Waals surface area contributed by atoms with Gasteiger partial charge in [0.2, 0.25) is 11.8 Å². The van der Waals surface area contributed by atoms with Gasteiger partial charge in [-0.05, 0) is 95.1 Å². The van der Waals surface area contributed by atoms with Gasteiger partial charge >= 0.3 is 12.1 Å². The maximum absolute atomic E-state index is 14.8. The lowest BCUT2D eigenvalue weighted by atomic mass is 9.41. The summed E-state index contributed by atoms with van der Waals surface area (Å²) in [7, 11) is 2.91. The number of thioether (sulfide) groups is 1. The smallest absolute Gasteiger partial charge is 0.408 e. The number of likely N-dealkylation sites (N-methyl/N-ethyl adjacent to an activating group) is 1. The topological polar surface area (TPSA) is 157 Å². The summed E-state index contributed by atoms with van der Waals surface area (Å²) in [5, 5.41) is 5.26. The van der Waals surface area contributed by atoms with Crippen molar-refractivity contribution in [3.63, 3.8) is 0 Å². The number of hydrogen-bond donors (Lipinski definition) is 3. The van der Waals surface area contributed by atoms with E-state index in [-0.39, 0.29) is 30.6 Å². The molecule has 3 amide bonds. The van der Waals surface area contributed by atoms with Gasteiger partial charge in [0.1, 0.15) is 11.6 Å². The molecule has 0 spiro atoms. The first-order valence-electron chi connectivity index (χ1n) is 16.1. The Labute approximate surface area is 276 Å². The third kappa shape index (κ3) is 7.87. The predicted molar refractivity (Wildman–Crippen MR) is 176 cm³/mol. The summed E-state index contributed by atoms with van der Waals surface area (Å²) in [5.74, 6) is -1.34. The maximum Gasteiger partial charge on any atom is 0.408 e. The van der Waals surface area contributed by atoms with Gasteiger partial charge in [-0.15, -0.1) is 0 Å². The summed E-state index contributed by atoms with van der Waals surface area (Å²) in [5.41, 5.74) is 5.30. The van der Waals surface area contributed by atoms with Crippen LogP contribution in [0.3, 0.4) is 0 Å². The summed E-state index contributed by atoms with van der Waals surface area (Å²) in [4.78, 5) is 68.9. The third-order valence-corrected chi connectivity index (χ3v) is 10.5. The molecule has 0 radical (unpaired) electrons. The first kappa shape index (κ1) is 35.7. The molecule has 4 saturated carbocycles. The Morgan fingerprint density at radius 3 is 2.26 bits per heavy atom. The molecule has 5 rings (SSSR count). The van der Waals surface area contributed by atoms with Crippen LogP contribution in [0.4, 0.5) is 4.79 Å².